The van der Waals surface area contributed by atoms with Gasteiger partial charge < -0.3 is 15.0 Å². The van der Waals surface area contributed by atoms with Crippen LogP contribution >= 0.6 is 0 Å². The molecule has 0 radical (unpaired) electrons. The number of allylic oxidation sites excluding steroid dienone is 2. The first kappa shape index (κ1) is 17.2. The van der Waals surface area contributed by atoms with Crippen LogP contribution in [-0.2, 0) is 10.2 Å². The van der Waals surface area contributed by atoms with Crippen LogP contribution in [0.5, 0.6) is 0 Å². The van der Waals surface area contributed by atoms with Crippen LogP contribution in [0.2, 0.25) is 0 Å². The topological polar surface area (TPSA) is 81.2 Å². The quantitative estimate of drug-likeness (QED) is 0.802. The van der Waals surface area contributed by atoms with Gasteiger partial charge in [0.2, 0.25) is 5.66 Å². The second-order valence-corrected chi connectivity index (χ2v) is 8.11. The van der Waals surface area contributed by atoms with Gasteiger partial charge in [0.25, 0.3) is 0 Å². The van der Waals surface area contributed by atoms with E-state index in [2.05, 4.69) is 35.1 Å². The molecule has 5 rings (SSSR count). The van der Waals surface area contributed by atoms with Crippen molar-refractivity contribution in [1.82, 2.24) is 15.2 Å². The number of carbonyl (C=O) groups is 1. The molecule has 28 heavy (non-hydrogen) atoms. The lowest BCUT2D eigenvalue weighted by atomic mass is 9.67. The average Bonchev–Trinajstić information content (AvgIpc) is 3.13. The summed E-state index contributed by atoms with van der Waals surface area (Å²) in [6, 6.07) is 10.3. The van der Waals surface area contributed by atoms with Gasteiger partial charge in [0.1, 0.15) is 6.07 Å². The third-order valence-corrected chi connectivity index (χ3v) is 6.24. The summed E-state index contributed by atoms with van der Waals surface area (Å²) in [6.07, 6.45) is 3.68. The minimum Gasteiger partial charge on any atom is -0.379 e. The van der Waals surface area contributed by atoms with Crippen molar-refractivity contribution in [2.75, 3.05) is 26.3 Å². The third kappa shape index (κ3) is 2.17. The molecule has 2 aliphatic heterocycles. The maximum atomic E-state index is 13.4. The monoisotopic (exact) mass is 374 g/mol. The zero-order valence-electron chi connectivity index (χ0n) is 16.0. The second-order valence-electron chi connectivity index (χ2n) is 8.11. The molecule has 0 amide bonds. The van der Waals surface area contributed by atoms with E-state index < -0.39 is 11.1 Å². The van der Waals surface area contributed by atoms with Crippen LogP contribution in [0, 0.1) is 11.3 Å². The van der Waals surface area contributed by atoms with E-state index in [0.29, 0.717) is 31.9 Å². The molecule has 0 bridgehead atoms. The summed E-state index contributed by atoms with van der Waals surface area (Å²) < 4.78 is 5.45. The Balaban J connectivity index is 1.70. The number of ketones is 1. The zero-order chi connectivity index (χ0) is 19.5. The van der Waals surface area contributed by atoms with Gasteiger partial charge in [-0.05, 0) is 17.7 Å². The number of Topliss-reactive ketones (excluding diaryl/α,β-unsaturated/α-hetero) is 1. The zero-order valence-corrected chi connectivity index (χ0v) is 16.0. The van der Waals surface area contributed by atoms with Gasteiger partial charge in [0, 0.05) is 46.9 Å². The molecule has 0 spiro atoms. The number of para-hydroxylation sites is 1. The Hall–Kier alpha value is -2.88. The minimum absolute atomic E-state index is 0.000887. The maximum Gasteiger partial charge on any atom is 0.200 e. The predicted molar refractivity (Wildman–Crippen MR) is 106 cm³/mol. The molecule has 1 aromatic carbocycles. The van der Waals surface area contributed by atoms with Crippen molar-refractivity contribution in [3.05, 3.63) is 58.9 Å². The van der Waals surface area contributed by atoms with Crippen LogP contribution in [0.4, 0.5) is 0 Å². The van der Waals surface area contributed by atoms with Crippen LogP contribution in [0.1, 0.15) is 29.9 Å². The Bertz CT molecular complexity index is 1100. The van der Waals surface area contributed by atoms with Crippen molar-refractivity contribution < 1.29 is 9.53 Å². The molecular formula is C22H22N4O2. The first-order valence-electron chi connectivity index (χ1n) is 9.59. The Morgan fingerprint density at radius 1 is 1.21 bits per heavy atom. The van der Waals surface area contributed by atoms with E-state index >= 15 is 0 Å². The molecule has 3 heterocycles. The fourth-order valence-corrected chi connectivity index (χ4v) is 4.64. The number of aromatic nitrogens is 1. The number of rotatable bonds is 1. The number of morpholine rings is 1. The van der Waals surface area contributed by atoms with Crippen LogP contribution in [0.25, 0.3) is 10.9 Å². The number of H-pyrrole nitrogens is 1. The molecular weight excluding hydrogens is 352 g/mol. The van der Waals surface area contributed by atoms with Gasteiger partial charge >= 0.3 is 0 Å². The number of fused-ring (bicyclic) bond motifs is 4. The summed E-state index contributed by atoms with van der Waals surface area (Å²) >= 11 is 0. The highest BCUT2D eigenvalue weighted by atomic mass is 16.5. The molecule has 6 heteroatoms. The Morgan fingerprint density at radius 3 is 2.71 bits per heavy atom. The summed E-state index contributed by atoms with van der Waals surface area (Å²) in [5.74, 6) is -0.000887. The minimum atomic E-state index is -0.969. The van der Waals surface area contributed by atoms with Crippen LogP contribution in [0.3, 0.4) is 0 Å². The van der Waals surface area contributed by atoms with Gasteiger partial charge in [-0.3, -0.25) is 9.69 Å². The summed E-state index contributed by atoms with van der Waals surface area (Å²) in [7, 11) is 0. The van der Waals surface area contributed by atoms with Crippen molar-refractivity contribution in [2.24, 2.45) is 0 Å². The summed E-state index contributed by atoms with van der Waals surface area (Å²) in [5.41, 5.74) is 2.75. The number of benzene rings is 1. The predicted octanol–water partition coefficient (Wildman–Crippen LogP) is 2.61. The molecule has 2 aromatic rings. The van der Waals surface area contributed by atoms with Gasteiger partial charge in [-0.2, -0.15) is 5.26 Å². The van der Waals surface area contributed by atoms with E-state index in [1.165, 1.54) is 0 Å². The second kappa shape index (κ2) is 5.81. The van der Waals surface area contributed by atoms with Crippen LogP contribution in [0.15, 0.2) is 47.7 Å². The van der Waals surface area contributed by atoms with Crippen molar-refractivity contribution in [3.8, 4) is 6.07 Å². The largest absolute Gasteiger partial charge is 0.379 e. The van der Waals surface area contributed by atoms with Crippen LogP contribution < -0.4 is 5.32 Å². The summed E-state index contributed by atoms with van der Waals surface area (Å²) in [4.78, 5) is 19.0. The number of hydrogen-bond donors (Lipinski definition) is 2. The number of hydrogen-bond acceptors (Lipinski definition) is 5. The molecule has 1 saturated heterocycles. The summed E-state index contributed by atoms with van der Waals surface area (Å²) in [5, 5.41) is 14.2. The lowest BCUT2D eigenvalue weighted by Crippen LogP contribution is -2.60. The van der Waals surface area contributed by atoms with Crippen LogP contribution in [-0.4, -0.2) is 47.6 Å². The SMILES string of the molecule is CC1(C)C2=CC(C#N)(N3CCOCC3)NC=C2C(=O)c2c1[nH]c1ccccc21. The number of ether oxygens (including phenoxy) is 1. The molecule has 1 unspecified atom stereocenters. The van der Waals surface area contributed by atoms with Gasteiger partial charge in [-0.15, -0.1) is 0 Å². The smallest absolute Gasteiger partial charge is 0.200 e. The number of nitrogens with zero attached hydrogens (tertiary/aromatic N) is 2. The lowest BCUT2D eigenvalue weighted by Gasteiger charge is -2.44. The lowest BCUT2D eigenvalue weighted by molar-refractivity contribution is 0.00344. The van der Waals surface area contributed by atoms with Crippen molar-refractivity contribution >= 4 is 16.7 Å². The maximum absolute atomic E-state index is 13.4. The van der Waals surface area contributed by atoms with E-state index in [-0.39, 0.29) is 5.78 Å². The van der Waals surface area contributed by atoms with E-state index in [0.717, 1.165) is 27.7 Å². The van der Waals surface area contributed by atoms with E-state index in [4.69, 9.17) is 4.74 Å². The van der Waals surface area contributed by atoms with Crippen molar-refractivity contribution in [2.45, 2.75) is 24.9 Å². The molecule has 1 aromatic heterocycles. The first-order chi connectivity index (χ1) is 13.5. The standard InChI is InChI=1S/C22H22N4O2/c1-21(2)16-11-22(13-23,26-7-9-28-10-8-26)24-12-15(16)19(27)18-14-5-3-4-6-17(14)25-20(18)21/h3-6,11-12,24-25H,7-10H2,1-2H3. The number of aromatic amines is 1. The number of nitrogens with one attached hydrogen (secondary N) is 2. The molecule has 142 valence electrons. The number of nitriles is 1. The molecule has 2 N–H and O–H groups in total. The highest BCUT2D eigenvalue weighted by Gasteiger charge is 2.47. The number of dihydropyridines is 1. The van der Waals surface area contributed by atoms with E-state index in [1.807, 2.05) is 30.3 Å². The molecule has 1 fully saturated rings. The van der Waals surface area contributed by atoms with Crippen molar-refractivity contribution in [3.63, 3.8) is 0 Å². The molecule has 0 saturated carbocycles. The fourth-order valence-electron chi connectivity index (χ4n) is 4.64. The highest BCUT2D eigenvalue weighted by molar-refractivity contribution is 6.21. The summed E-state index contributed by atoms with van der Waals surface area (Å²) in [6.45, 7) is 6.75. The van der Waals surface area contributed by atoms with E-state index in [1.54, 1.807) is 6.20 Å². The molecule has 1 aliphatic carbocycles. The first-order valence-corrected chi connectivity index (χ1v) is 9.59. The van der Waals surface area contributed by atoms with Gasteiger partial charge in [-0.25, -0.2) is 0 Å². The fraction of sp³-hybridized carbons (Fsp3) is 0.364. The Morgan fingerprint density at radius 2 is 1.96 bits per heavy atom. The Kier molecular flexibility index (Phi) is 3.57. The van der Waals surface area contributed by atoms with E-state index in [9.17, 15) is 10.1 Å². The highest BCUT2D eigenvalue weighted by Crippen LogP contribution is 2.47. The van der Waals surface area contributed by atoms with Gasteiger partial charge in [0.15, 0.2) is 5.78 Å². The Labute approximate surface area is 163 Å². The molecule has 6 nitrogen and oxygen atoms in total. The molecule has 1 atom stereocenters. The third-order valence-electron chi connectivity index (χ3n) is 6.24. The van der Waals surface area contributed by atoms with Crippen molar-refractivity contribution in [1.29, 1.82) is 5.26 Å². The normalized spacial score (nSPS) is 26.5. The van der Waals surface area contributed by atoms with Gasteiger partial charge in [-0.1, -0.05) is 32.0 Å². The average molecular weight is 374 g/mol. The molecule has 3 aliphatic rings. The number of carbonyl (C=O) groups excluding carboxylic acids is 1. The van der Waals surface area contributed by atoms with Gasteiger partial charge in [0.05, 0.1) is 18.8 Å².